The summed E-state index contributed by atoms with van der Waals surface area (Å²) >= 11 is 0. The molecule has 3 heteroatoms. The molecule has 0 bridgehead atoms. The highest BCUT2D eigenvalue weighted by molar-refractivity contribution is 6.06. The first-order valence-corrected chi connectivity index (χ1v) is 7.57. The fraction of sp³-hybridized carbons (Fsp3) is 0.211. The maximum Gasteiger partial charge on any atom is 0.255 e. The number of amides is 1. The van der Waals surface area contributed by atoms with Crippen LogP contribution in [0.1, 0.15) is 34.1 Å². The van der Waals surface area contributed by atoms with Gasteiger partial charge in [-0.2, -0.15) is 0 Å². The van der Waals surface area contributed by atoms with Crippen molar-refractivity contribution in [2.45, 2.75) is 27.2 Å². The Morgan fingerprint density at radius 3 is 2.73 bits per heavy atom. The summed E-state index contributed by atoms with van der Waals surface area (Å²) in [6.45, 7) is 6.22. The number of hydrogen-bond donors (Lipinski definition) is 2. The van der Waals surface area contributed by atoms with Gasteiger partial charge < -0.3 is 10.3 Å². The van der Waals surface area contributed by atoms with Crippen LogP contribution in [0.15, 0.2) is 42.5 Å². The first kappa shape index (κ1) is 14.4. The van der Waals surface area contributed by atoms with E-state index in [1.807, 2.05) is 43.3 Å². The summed E-state index contributed by atoms with van der Waals surface area (Å²) in [7, 11) is 0. The number of H-pyrrole nitrogens is 1. The smallest absolute Gasteiger partial charge is 0.255 e. The van der Waals surface area contributed by atoms with E-state index in [1.165, 1.54) is 11.1 Å². The highest BCUT2D eigenvalue weighted by Gasteiger charge is 2.10. The third-order valence-corrected chi connectivity index (χ3v) is 4.16. The average molecular weight is 292 g/mol. The van der Waals surface area contributed by atoms with Crippen LogP contribution in [-0.4, -0.2) is 10.9 Å². The fourth-order valence-electron chi connectivity index (χ4n) is 2.67. The number of hydrogen-bond acceptors (Lipinski definition) is 1. The SMILES string of the molecule is CCc1cccc(NC(=O)c2ccc3[nH]c(C)c(C)c3c2)c1. The van der Waals surface area contributed by atoms with Crippen molar-refractivity contribution in [2.75, 3.05) is 5.32 Å². The van der Waals surface area contributed by atoms with Crippen molar-refractivity contribution in [2.24, 2.45) is 0 Å². The third-order valence-electron chi connectivity index (χ3n) is 4.16. The molecular weight excluding hydrogens is 272 g/mol. The average Bonchev–Trinajstić information content (AvgIpc) is 2.82. The zero-order valence-electron chi connectivity index (χ0n) is 13.2. The molecule has 0 atom stereocenters. The number of carbonyl (C=O) groups excluding carboxylic acids is 1. The van der Waals surface area contributed by atoms with Crippen molar-refractivity contribution in [3.8, 4) is 0 Å². The summed E-state index contributed by atoms with van der Waals surface area (Å²) in [5.74, 6) is -0.0755. The highest BCUT2D eigenvalue weighted by Crippen LogP contribution is 2.23. The minimum atomic E-state index is -0.0755. The summed E-state index contributed by atoms with van der Waals surface area (Å²) < 4.78 is 0. The lowest BCUT2D eigenvalue weighted by Crippen LogP contribution is -2.11. The number of fused-ring (bicyclic) bond motifs is 1. The van der Waals surface area contributed by atoms with Gasteiger partial charge in [-0.3, -0.25) is 4.79 Å². The van der Waals surface area contributed by atoms with Crippen molar-refractivity contribution < 1.29 is 4.79 Å². The van der Waals surface area contributed by atoms with E-state index in [0.717, 1.165) is 28.7 Å². The molecule has 0 aliphatic carbocycles. The van der Waals surface area contributed by atoms with E-state index in [0.29, 0.717) is 5.56 Å². The number of aromatic nitrogens is 1. The lowest BCUT2D eigenvalue weighted by molar-refractivity contribution is 0.102. The minimum Gasteiger partial charge on any atom is -0.358 e. The van der Waals surface area contributed by atoms with Crippen LogP contribution in [0.5, 0.6) is 0 Å². The molecule has 3 rings (SSSR count). The third kappa shape index (κ3) is 2.62. The van der Waals surface area contributed by atoms with Gasteiger partial charge in [-0.15, -0.1) is 0 Å². The van der Waals surface area contributed by atoms with Gasteiger partial charge in [0.15, 0.2) is 0 Å². The van der Waals surface area contributed by atoms with Crippen LogP contribution in [0.25, 0.3) is 10.9 Å². The molecule has 3 aromatic rings. The van der Waals surface area contributed by atoms with Crippen LogP contribution >= 0.6 is 0 Å². The molecule has 22 heavy (non-hydrogen) atoms. The molecular formula is C19H20N2O. The second-order valence-corrected chi connectivity index (χ2v) is 5.64. The van der Waals surface area contributed by atoms with Gasteiger partial charge in [0.25, 0.3) is 5.91 Å². The lowest BCUT2D eigenvalue weighted by atomic mass is 10.1. The number of rotatable bonds is 3. The molecule has 1 amide bonds. The minimum absolute atomic E-state index is 0.0755. The van der Waals surface area contributed by atoms with Crippen LogP contribution in [-0.2, 0) is 6.42 Å². The van der Waals surface area contributed by atoms with Gasteiger partial charge >= 0.3 is 0 Å². The van der Waals surface area contributed by atoms with Crippen molar-refractivity contribution in [1.29, 1.82) is 0 Å². The fourth-order valence-corrected chi connectivity index (χ4v) is 2.67. The second-order valence-electron chi connectivity index (χ2n) is 5.64. The molecule has 2 aromatic carbocycles. The Kier molecular flexibility index (Phi) is 3.72. The Balaban J connectivity index is 1.89. The monoisotopic (exact) mass is 292 g/mol. The molecule has 112 valence electrons. The molecule has 0 aliphatic heterocycles. The molecule has 0 spiro atoms. The zero-order chi connectivity index (χ0) is 15.7. The van der Waals surface area contributed by atoms with Gasteiger partial charge in [-0.25, -0.2) is 0 Å². The molecule has 0 unspecified atom stereocenters. The largest absolute Gasteiger partial charge is 0.358 e. The number of carbonyl (C=O) groups is 1. The lowest BCUT2D eigenvalue weighted by Gasteiger charge is -2.07. The maximum absolute atomic E-state index is 12.5. The Hall–Kier alpha value is -2.55. The Labute approximate surface area is 130 Å². The predicted octanol–water partition coefficient (Wildman–Crippen LogP) is 4.60. The maximum atomic E-state index is 12.5. The molecule has 1 heterocycles. The first-order valence-electron chi connectivity index (χ1n) is 7.57. The van der Waals surface area contributed by atoms with E-state index in [1.54, 1.807) is 0 Å². The van der Waals surface area contributed by atoms with Crippen LogP contribution in [0.2, 0.25) is 0 Å². The number of anilines is 1. The van der Waals surface area contributed by atoms with E-state index in [9.17, 15) is 4.79 Å². The van der Waals surface area contributed by atoms with Gasteiger partial charge in [0, 0.05) is 27.8 Å². The standard InChI is InChI=1S/C19H20N2O/c1-4-14-6-5-7-16(10-14)21-19(22)15-8-9-18-17(11-15)12(2)13(3)20-18/h5-11,20H,4H2,1-3H3,(H,21,22). The van der Waals surface area contributed by atoms with Crippen molar-refractivity contribution >= 4 is 22.5 Å². The van der Waals surface area contributed by atoms with Crippen LogP contribution < -0.4 is 5.32 Å². The van der Waals surface area contributed by atoms with E-state index >= 15 is 0 Å². The predicted molar refractivity (Wildman–Crippen MR) is 91.5 cm³/mol. The van der Waals surface area contributed by atoms with Gasteiger partial charge in [0.05, 0.1) is 0 Å². The number of aromatic amines is 1. The summed E-state index contributed by atoms with van der Waals surface area (Å²) in [5, 5.41) is 4.08. The molecule has 0 saturated heterocycles. The Bertz CT molecular complexity index is 846. The Morgan fingerprint density at radius 2 is 1.95 bits per heavy atom. The molecule has 0 saturated carbocycles. The number of aryl methyl sites for hydroxylation is 3. The quantitative estimate of drug-likeness (QED) is 0.728. The first-order chi connectivity index (χ1) is 10.6. The highest BCUT2D eigenvalue weighted by atomic mass is 16.1. The van der Waals surface area contributed by atoms with E-state index in [4.69, 9.17) is 0 Å². The molecule has 0 radical (unpaired) electrons. The Morgan fingerprint density at radius 1 is 1.14 bits per heavy atom. The molecule has 1 aromatic heterocycles. The summed E-state index contributed by atoms with van der Waals surface area (Å²) in [5.41, 5.74) is 6.13. The van der Waals surface area contributed by atoms with Gasteiger partial charge in [-0.05, 0) is 61.7 Å². The van der Waals surface area contributed by atoms with Gasteiger partial charge in [0.1, 0.15) is 0 Å². The summed E-state index contributed by atoms with van der Waals surface area (Å²) in [4.78, 5) is 15.8. The molecule has 3 nitrogen and oxygen atoms in total. The summed E-state index contributed by atoms with van der Waals surface area (Å²) in [6, 6.07) is 13.7. The van der Waals surface area contributed by atoms with Crippen LogP contribution in [0.3, 0.4) is 0 Å². The molecule has 0 fully saturated rings. The van der Waals surface area contributed by atoms with Crippen LogP contribution in [0.4, 0.5) is 5.69 Å². The molecule has 2 N–H and O–H groups in total. The topological polar surface area (TPSA) is 44.9 Å². The van der Waals surface area contributed by atoms with E-state index in [2.05, 4.69) is 30.2 Å². The number of benzene rings is 2. The van der Waals surface area contributed by atoms with E-state index in [-0.39, 0.29) is 5.91 Å². The summed E-state index contributed by atoms with van der Waals surface area (Å²) in [6.07, 6.45) is 0.956. The number of nitrogens with one attached hydrogen (secondary N) is 2. The second kappa shape index (κ2) is 5.68. The van der Waals surface area contributed by atoms with Gasteiger partial charge in [-0.1, -0.05) is 19.1 Å². The van der Waals surface area contributed by atoms with Gasteiger partial charge in [0.2, 0.25) is 0 Å². The van der Waals surface area contributed by atoms with Crippen LogP contribution in [0, 0.1) is 13.8 Å². The van der Waals surface area contributed by atoms with Crippen molar-refractivity contribution in [3.05, 3.63) is 64.8 Å². The normalized spacial score (nSPS) is 10.9. The zero-order valence-corrected chi connectivity index (χ0v) is 13.2. The molecule has 0 aliphatic rings. The van der Waals surface area contributed by atoms with E-state index < -0.39 is 0 Å². The van der Waals surface area contributed by atoms with Crippen molar-refractivity contribution in [3.63, 3.8) is 0 Å². The van der Waals surface area contributed by atoms with Crippen molar-refractivity contribution in [1.82, 2.24) is 4.98 Å².